The highest BCUT2D eigenvalue weighted by Crippen LogP contribution is 2.27. The van der Waals surface area contributed by atoms with Crippen molar-refractivity contribution >= 4 is 47.2 Å². The van der Waals surface area contributed by atoms with Crippen LogP contribution in [-0.4, -0.2) is 56.7 Å². The first-order chi connectivity index (χ1) is 19.0. The SMILES string of the molecule is CCOC(=O)CCCCCOc1ccc(Nc2nc(NC3CC3)n3ncc(/C=C4\NC(=O)NC4=O)c3n2)cc1. The molecule has 1 aromatic carbocycles. The van der Waals surface area contributed by atoms with Gasteiger partial charge < -0.3 is 25.4 Å². The van der Waals surface area contributed by atoms with E-state index >= 15 is 0 Å². The number of aromatic nitrogens is 4. The summed E-state index contributed by atoms with van der Waals surface area (Å²) in [6.07, 6.45) is 8.15. The molecular formula is C26H30N8O5. The van der Waals surface area contributed by atoms with Gasteiger partial charge in [-0.2, -0.15) is 19.6 Å². The second kappa shape index (κ2) is 11.8. The lowest BCUT2D eigenvalue weighted by atomic mass is 10.2. The molecule has 3 heterocycles. The molecule has 2 aliphatic rings. The molecule has 39 heavy (non-hydrogen) atoms. The topological polar surface area (TPSA) is 161 Å². The number of benzene rings is 1. The summed E-state index contributed by atoms with van der Waals surface area (Å²) in [5.41, 5.74) is 1.91. The maximum atomic E-state index is 12.0. The smallest absolute Gasteiger partial charge is 0.326 e. The van der Waals surface area contributed by atoms with E-state index in [0.717, 1.165) is 43.5 Å². The van der Waals surface area contributed by atoms with Crippen molar-refractivity contribution in [1.29, 1.82) is 0 Å². The first-order valence-electron chi connectivity index (χ1n) is 13.0. The summed E-state index contributed by atoms with van der Waals surface area (Å²) in [4.78, 5) is 44.1. The number of ether oxygens (including phenoxy) is 2. The number of carbonyl (C=O) groups is 3. The van der Waals surface area contributed by atoms with Crippen molar-refractivity contribution in [1.82, 2.24) is 30.2 Å². The van der Waals surface area contributed by atoms with E-state index < -0.39 is 11.9 Å². The van der Waals surface area contributed by atoms with Crippen LogP contribution in [0.4, 0.5) is 22.4 Å². The summed E-state index contributed by atoms with van der Waals surface area (Å²) in [7, 11) is 0. The summed E-state index contributed by atoms with van der Waals surface area (Å²) in [5.74, 6) is 0.941. The van der Waals surface area contributed by atoms with Gasteiger partial charge in [-0.1, -0.05) is 0 Å². The molecule has 0 atom stereocenters. The van der Waals surface area contributed by atoms with Crippen LogP contribution in [0.3, 0.4) is 0 Å². The van der Waals surface area contributed by atoms with Gasteiger partial charge in [0, 0.05) is 23.7 Å². The maximum Gasteiger partial charge on any atom is 0.326 e. The zero-order chi connectivity index (χ0) is 27.2. The van der Waals surface area contributed by atoms with Gasteiger partial charge in [-0.3, -0.25) is 14.9 Å². The van der Waals surface area contributed by atoms with E-state index in [4.69, 9.17) is 9.47 Å². The highest BCUT2D eigenvalue weighted by molar-refractivity contribution is 6.14. The van der Waals surface area contributed by atoms with Crippen LogP contribution in [0.25, 0.3) is 11.7 Å². The predicted octanol–water partition coefficient (Wildman–Crippen LogP) is 3.12. The summed E-state index contributed by atoms with van der Waals surface area (Å²) in [6, 6.07) is 7.21. The Balaban J connectivity index is 1.23. The van der Waals surface area contributed by atoms with E-state index in [-0.39, 0.29) is 11.7 Å². The Morgan fingerprint density at radius 2 is 1.95 bits per heavy atom. The van der Waals surface area contributed by atoms with E-state index in [1.807, 2.05) is 24.3 Å². The fourth-order valence-electron chi connectivity index (χ4n) is 3.93. The Hall–Kier alpha value is -4.68. The van der Waals surface area contributed by atoms with E-state index in [1.165, 1.54) is 6.08 Å². The van der Waals surface area contributed by atoms with Crippen molar-refractivity contribution in [3.63, 3.8) is 0 Å². The molecule has 13 nitrogen and oxygen atoms in total. The minimum atomic E-state index is -0.572. The molecule has 0 spiro atoms. The van der Waals surface area contributed by atoms with Gasteiger partial charge in [-0.15, -0.1) is 0 Å². The number of imide groups is 1. The van der Waals surface area contributed by atoms with Crippen LogP contribution < -0.4 is 26.0 Å². The molecule has 0 bridgehead atoms. The third-order valence-electron chi connectivity index (χ3n) is 6.04. The number of carbonyl (C=O) groups excluding carboxylic acids is 3. The number of rotatable bonds is 13. The molecule has 13 heteroatoms. The van der Waals surface area contributed by atoms with Gasteiger partial charge in [0.25, 0.3) is 5.91 Å². The molecule has 1 saturated carbocycles. The number of urea groups is 1. The molecule has 4 N–H and O–H groups in total. The lowest BCUT2D eigenvalue weighted by Gasteiger charge is -2.11. The Morgan fingerprint density at radius 3 is 2.67 bits per heavy atom. The molecule has 0 unspecified atom stereocenters. The highest BCUT2D eigenvalue weighted by atomic mass is 16.5. The molecule has 2 aromatic heterocycles. The van der Waals surface area contributed by atoms with Crippen molar-refractivity contribution in [2.24, 2.45) is 0 Å². The van der Waals surface area contributed by atoms with Crippen LogP contribution in [0.1, 0.15) is 51.0 Å². The van der Waals surface area contributed by atoms with Gasteiger partial charge >= 0.3 is 12.0 Å². The Morgan fingerprint density at radius 1 is 1.13 bits per heavy atom. The average molecular weight is 535 g/mol. The van der Waals surface area contributed by atoms with Crippen LogP contribution in [0.2, 0.25) is 0 Å². The van der Waals surface area contributed by atoms with E-state index in [9.17, 15) is 14.4 Å². The standard InChI is InChI=1S/C26H30N8O5/c1-2-38-21(35)6-4-3-5-13-39-19-11-9-17(10-12-19)28-24-31-22-16(14-20-23(36)32-26(37)30-20)15-27-34(22)25(33-24)29-18-7-8-18/h9-12,14-15,18H,2-8,13H2,1H3,(H2,28,29,31,33)(H2,30,32,36,37)/b20-14-. The van der Waals surface area contributed by atoms with Gasteiger partial charge in [0.15, 0.2) is 5.65 Å². The van der Waals surface area contributed by atoms with Crippen molar-refractivity contribution in [3.8, 4) is 5.75 Å². The molecule has 1 saturated heterocycles. The summed E-state index contributed by atoms with van der Waals surface area (Å²) in [5, 5.41) is 15.6. The highest BCUT2D eigenvalue weighted by Gasteiger charge is 2.26. The third-order valence-corrected chi connectivity index (χ3v) is 6.04. The normalized spacial score (nSPS) is 15.8. The molecule has 204 valence electrons. The summed E-state index contributed by atoms with van der Waals surface area (Å²) < 4.78 is 12.3. The number of nitrogens with zero attached hydrogens (tertiary/aromatic N) is 4. The molecule has 5 rings (SSSR count). The van der Waals surface area contributed by atoms with Gasteiger partial charge in [0.1, 0.15) is 11.4 Å². The van der Waals surface area contributed by atoms with E-state index in [1.54, 1.807) is 17.6 Å². The molecule has 0 radical (unpaired) electrons. The molecule has 3 aromatic rings. The van der Waals surface area contributed by atoms with Crippen LogP contribution in [-0.2, 0) is 14.3 Å². The second-order valence-corrected chi connectivity index (χ2v) is 9.20. The van der Waals surface area contributed by atoms with Crippen LogP contribution >= 0.6 is 0 Å². The molecule has 2 fully saturated rings. The van der Waals surface area contributed by atoms with Crippen LogP contribution in [0.15, 0.2) is 36.2 Å². The zero-order valence-corrected chi connectivity index (χ0v) is 21.5. The predicted molar refractivity (Wildman–Crippen MR) is 142 cm³/mol. The van der Waals surface area contributed by atoms with Gasteiger partial charge in [0.05, 0.1) is 19.4 Å². The van der Waals surface area contributed by atoms with Gasteiger partial charge in [0.2, 0.25) is 11.9 Å². The first kappa shape index (κ1) is 25.9. The Bertz CT molecular complexity index is 1400. The van der Waals surface area contributed by atoms with Crippen molar-refractivity contribution in [2.75, 3.05) is 23.8 Å². The number of hydrogen-bond acceptors (Lipinski definition) is 10. The Kier molecular flexibility index (Phi) is 7.85. The second-order valence-electron chi connectivity index (χ2n) is 9.20. The first-order valence-corrected chi connectivity index (χ1v) is 13.0. The lowest BCUT2D eigenvalue weighted by molar-refractivity contribution is -0.143. The monoisotopic (exact) mass is 534 g/mol. The number of anilines is 3. The summed E-state index contributed by atoms with van der Waals surface area (Å²) in [6.45, 7) is 2.78. The number of hydrogen-bond donors (Lipinski definition) is 4. The quantitative estimate of drug-likeness (QED) is 0.111. The van der Waals surface area contributed by atoms with Gasteiger partial charge in [-0.25, -0.2) is 4.79 Å². The van der Waals surface area contributed by atoms with Crippen molar-refractivity contribution < 1.29 is 23.9 Å². The molecule has 1 aliphatic heterocycles. The van der Waals surface area contributed by atoms with E-state index in [2.05, 4.69) is 36.3 Å². The molecule has 3 amide bonds. The van der Waals surface area contributed by atoms with Crippen molar-refractivity contribution in [3.05, 3.63) is 41.7 Å². The number of amides is 3. The molecular weight excluding hydrogens is 504 g/mol. The maximum absolute atomic E-state index is 12.0. The summed E-state index contributed by atoms with van der Waals surface area (Å²) >= 11 is 0. The molecule has 1 aliphatic carbocycles. The van der Waals surface area contributed by atoms with Crippen LogP contribution in [0, 0.1) is 0 Å². The fourth-order valence-corrected chi connectivity index (χ4v) is 3.93. The fraction of sp³-hybridized carbons (Fsp3) is 0.385. The zero-order valence-electron chi connectivity index (χ0n) is 21.5. The van der Waals surface area contributed by atoms with Crippen LogP contribution in [0.5, 0.6) is 5.75 Å². The third kappa shape index (κ3) is 6.80. The number of unbranched alkanes of at least 4 members (excludes halogenated alkanes) is 2. The lowest BCUT2D eigenvalue weighted by Crippen LogP contribution is -2.22. The number of nitrogens with one attached hydrogen (secondary N) is 4. The Labute approximate surface area is 224 Å². The van der Waals surface area contributed by atoms with Crippen molar-refractivity contribution in [2.45, 2.75) is 51.5 Å². The minimum absolute atomic E-state index is 0.120. The minimum Gasteiger partial charge on any atom is -0.494 e. The average Bonchev–Trinajstić information content (AvgIpc) is 3.55. The number of fused-ring (bicyclic) bond motifs is 1. The van der Waals surface area contributed by atoms with E-state index in [0.29, 0.717) is 48.8 Å². The van der Waals surface area contributed by atoms with Gasteiger partial charge in [-0.05, 0) is 69.4 Å². The number of esters is 1. The largest absolute Gasteiger partial charge is 0.494 e.